The quantitative estimate of drug-likeness (QED) is 0.845. The van der Waals surface area contributed by atoms with Gasteiger partial charge >= 0.3 is 0 Å². The molecule has 0 spiro atoms. The fourth-order valence-corrected chi connectivity index (χ4v) is 2.16. The van der Waals surface area contributed by atoms with Crippen LogP contribution in [0.4, 0.5) is 11.4 Å². The third-order valence-electron chi connectivity index (χ3n) is 3.09. The molecular weight excluding hydrogens is 248 g/mol. The van der Waals surface area contributed by atoms with Gasteiger partial charge < -0.3 is 10.6 Å². The maximum atomic E-state index is 9.12. The first-order valence-corrected chi connectivity index (χ1v) is 6.69. The van der Waals surface area contributed by atoms with Crippen molar-refractivity contribution in [3.05, 3.63) is 53.9 Å². The SMILES string of the molecule is CCCN(Cc1cccnc1C#N)c1cccc(N)c1. The van der Waals surface area contributed by atoms with Gasteiger partial charge in [-0.3, -0.25) is 0 Å². The summed E-state index contributed by atoms with van der Waals surface area (Å²) in [7, 11) is 0. The molecule has 0 bridgehead atoms. The molecule has 0 saturated carbocycles. The average Bonchev–Trinajstić information content (AvgIpc) is 2.47. The van der Waals surface area contributed by atoms with Gasteiger partial charge in [0.05, 0.1) is 0 Å². The monoisotopic (exact) mass is 266 g/mol. The van der Waals surface area contributed by atoms with Crippen molar-refractivity contribution in [2.24, 2.45) is 0 Å². The van der Waals surface area contributed by atoms with Crippen LogP contribution in [0.25, 0.3) is 0 Å². The summed E-state index contributed by atoms with van der Waals surface area (Å²) in [5.74, 6) is 0. The lowest BCUT2D eigenvalue weighted by Gasteiger charge is -2.25. The molecule has 20 heavy (non-hydrogen) atoms. The molecule has 0 saturated heterocycles. The molecule has 4 nitrogen and oxygen atoms in total. The summed E-state index contributed by atoms with van der Waals surface area (Å²) in [4.78, 5) is 6.33. The van der Waals surface area contributed by atoms with Crippen molar-refractivity contribution in [3.8, 4) is 6.07 Å². The Labute approximate surface area is 119 Å². The molecule has 0 aliphatic carbocycles. The largest absolute Gasteiger partial charge is 0.399 e. The zero-order chi connectivity index (χ0) is 14.4. The third kappa shape index (κ3) is 3.27. The van der Waals surface area contributed by atoms with Crippen LogP contribution in [0.3, 0.4) is 0 Å². The van der Waals surface area contributed by atoms with Gasteiger partial charge in [0.15, 0.2) is 0 Å². The predicted octanol–water partition coefficient (Wildman–Crippen LogP) is 2.95. The van der Waals surface area contributed by atoms with Gasteiger partial charge in [-0.2, -0.15) is 5.26 Å². The highest BCUT2D eigenvalue weighted by molar-refractivity contribution is 5.56. The van der Waals surface area contributed by atoms with E-state index >= 15 is 0 Å². The number of hydrogen-bond acceptors (Lipinski definition) is 4. The van der Waals surface area contributed by atoms with E-state index in [1.165, 1.54) is 0 Å². The summed E-state index contributed by atoms with van der Waals surface area (Å²) in [5, 5.41) is 9.12. The van der Waals surface area contributed by atoms with Crippen molar-refractivity contribution in [1.82, 2.24) is 4.98 Å². The minimum Gasteiger partial charge on any atom is -0.399 e. The van der Waals surface area contributed by atoms with E-state index < -0.39 is 0 Å². The van der Waals surface area contributed by atoms with E-state index in [2.05, 4.69) is 22.9 Å². The lowest BCUT2D eigenvalue weighted by molar-refractivity contribution is 0.764. The van der Waals surface area contributed by atoms with Gasteiger partial charge in [0.25, 0.3) is 0 Å². The summed E-state index contributed by atoms with van der Waals surface area (Å²) in [6.07, 6.45) is 2.67. The van der Waals surface area contributed by atoms with Crippen molar-refractivity contribution >= 4 is 11.4 Å². The number of hydrogen-bond donors (Lipinski definition) is 1. The van der Waals surface area contributed by atoms with E-state index in [4.69, 9.17) is 11.0 Å². The van der Waals surface area contributed by atoms with E-state index in [0.29, 0.717) is 12.2 Å². The predicted molar refractivity (Wildman–Crippen MR) is 81.1 cm³/mol. The summed E-state index contributed by atoms with van der Waals surface area (Å²) in [6.45, 7) is 3.70. The van der Waals surface area contributed by atoms with Crippen LogP contribution in [0.1, 0.15) is 24.6 Å². The molecule has 1 aromatic heterocycles. The van der Waals surface area contributed by atoms with Crippen molar-refractivity contribution in [3.63, 3.8) is 0 Å². The zero-order valence-corrected chi connectivity index (χ0v) is 11.6. The van der Waals surface area contributed by atoms with E-state index in [1.54, 1.807) is 6.20 Å². The summed E-state index contributed by atoms with van der Waals surface area (Å²) < 4.78 is 0. The van der Waals surface area contributed by atoms with E-state index in [0.717, 1.165) is 29.9 Å². The van der Waals surface area contributed by atoms with Crippen molar-refractivity contribution in [2.75, 3.05) is 17.2 Å². The Hall–Kier alpha value is -2.54. The molecule has 0 aliphatic heterocycles. The van der Waals surface area contributed by atoms with Gasteiger partial charge in [-0.05, 0) is 30.7 Å². The fourth-order valence-electron chi connectivity index (χ4n) is 2.16. The van der Waals surface area contributed by atoms with Crippen molar-refractivity contribution in [2.45, 2.75) is 19.9 Å². The highest BCUT2D eigenvalue weighted by Gasteiger charge is 2.10. The number of anilines is 2. The zero-order valence-electron chi connectivity index (χ0n) is 11.6. The summed E-state index contributed by atoms with van der Waals surface area (Å²) in [5.41, 5.74) is 9.09. The number of nitrogens with two attached hydrogens (primary N) is 1. The molecule has 2 N–H and O–H groups in total. The molecule has 0 amide bonds. The first kappa shape index (κ1) is 13.9. The Morgan fingerprint density at radius 2 is 2.15 bits per heavy atom. The number of pyridine rings is 1. The third-order valence-corrected chi connectivity index (χ3v) is 3.09. The molecule has 0 fully saturated rings. The molecule has 102 valence electrons. The summed E-state index contributed by atoms with van der Waals surface area (Å²) >= 11 is 0. The van der Waals surface area contributed by atoms with Crippen LogP contribution in [0.15, 0.2) is 42.6 Å². The number of aromatic nitrogens is 1. The smallest absolute Gasteiger partial charge is 0.145 e. The molecule has 1 aromatic carbocycles. The molecule has 2 rings (SSSR count). The molecule has 0 radical (unpaired) electrons. The number of rotatable bonds is 5. The fraction of sp³-hybridized carbons (Fsp3) is 0.250. The lowest BCUT2D eigenvalue weighted by Crippen LogP contribution is -2.24. The maximum absolute atomic E-state index is 9.12. The standard InChI is InChI=1S/C16H18N4/c1-2-9-20(15-7-3-6-14(18)10-15)12-13-5-4-8-19-16(13)11-17/h3-8,10H,2,9,12,18H2,1H3. The Kier molecular flexibility index (Phi) is 4.56. The maximum Gasteiger partial charge on any atom is 0.145 e. The molecule has 1 heterocycles. The Balaban J connectivity index is 2.28. The van der Waals surface area contributed by atoms with Gasteiger partial charge in [-0.1, -0.05) is 19.1 Å². The normalized spacial score (nSPS) is 10.0. The topological polar surface area (TPSA) is 65.9 Å². The second-order valence-corrected chi connectivity index (χ2v) is 4.64. The minimum absolute atomic E-state index is 0.484. The lowest BCUT2D eigenvalue weighted by atomic mass is 10.1. The van der Waals surface area contributed by atoms with E-state index in [1.807, 2.05) is 36.4 Å². The number of nitrogen functional groups attached to an aromatic ring is 1. The van der Waals surface area contributed by atoms with Gasteiger partial charge in [-0.25, -0.2) is 4.98 Å². The van der Waals surface area contributed by atoms with Crippen LogP contribution in [-0.2, 0) is 6.54 Å². The highest BCUT2D eigenvalue weighted by Crippen LogP contribution is 2.21. The van der Waals surface area contributed by atoms with Crippen LogP contribution < -0.4 is 10.6 Å². The second-order valence-electron chi connectivity index (χ2n) is 4.64. The van der Waals surface area contributed by atoms with E-state index in [9.17, 15) is 0 Å². The van der Waals surface area contributed by atoms with Gasteiger partial charge in [-0.15, -0.1) is 0 Å². The van der Waals surface area contributed by atoms with Crippen LogP contribution in [-0.4, -0.2) is 11.5 Å². The Morgan fingerprint density at radius 3 is 2.85 bits per heavy atom. The van der Waals surface area contributed by atoms with Crippen molar-refractivity contribution < 1.29 is 0 Å². The average molecular weight is 266 g/mol. The highest BCUT2D eigenvalue weighted by atomic mass is 15.1. The Bertz CT molecular complexity index is 616. The van der Waals surface area contributed by atoms with Crippen molar-refractivity contribution in [1.29, 1.82) is 5.26 Å². The van der Waals surface area contributed by atoms with Gasteiger partial charge in [0.2, 0.25) is 0 Å². The molecule has 4 heteroatoms. The van der Waals surface area contributed by atoms with Gasteiger partial charge in [0, 0.05) is 36.2 Å². The first-order chi connectivity index (χ1) is 9.74. The minimum atomic E-state index is 0.484. The number of nitrogens with zero attached hydrogens (tertiary/aromatic N) is 3. The van der Waals surface area contributed by atoms with Gasteiger partial charge in [0.1, 0.15) is 11.8 Å². The van der Waals surface area contributed by atoms with Crippen LogP contribution >= 0.6 is 0 Å². The van der Waals surface area contributed by atoms with E-state index in [-0.39, 0.29) is 0 Å². The molecular formula is C16H18N4. The number of nitriles is 1. The van der Waals surface area contributed by atoms with Crippen LogP contribution in [0.2, 0.25) is 0 Å². The molecule has 0 aliphatic rings. The first-order valence-electron chi connectivity index (χ1n) is 6.69. The molecule has 0 unspecified atom stereocenters. The van der Waals surface area contributed by atoms with Crippen LogP contribution in [0, 0.1) is 11.3 Å². The molecule has 2 aromatic rings. The second kappa shape index (κ2) is 6.58. The number of benzene rings is 1. The van der Waals surface area contributed by atoms with Crippen LogP contribution in [0.5, 0.6) is 0 Å². The Morgan fingerprint density at radius 1 is 1.30 bits per heavy atom. The molecule has 0 atom stereocenters. The summed E-state index contributed by atoms with van der Waals surface area (Å²) in [6, 6.07) is 13.8.